The number of aryl methyl sites for hydroxylation is 2. The molecule has 0 atom stereocenters. The number of benzene rings is 2. The van der Waals surface area contributed by atoms with Gasteiger partial charge in [-0.15, -0.1) is 0 Å². The maximum absolute atomic E-state index is 12.4. The summed E-state index contributed by atoms with van der Waals surface area (Å²) in [7, 11) is 0. The van der Waals surface area contributed by atoms with Crippen LogP contribution in [0.3, 0.4) is 0 Å². The van der Waals surface area contributed by atoms with Crippen LogP contribution in [0.25, 0.3) is 16.7 Å². The lowest BCUT2D eigenvalue weighted by atomic mass is 10.2. The molecule has 2 heterocycles. The first kappa shape index (κ1) is 16.6. The summed E-state index contributed by atoms with van der Waals surface area (Å²) in [5.41, 5.74) is 4.85. The van der Waals surface area contributed by atoms with Crippen LogP contribution in [0.1, 0.15) is 16.7 Å². The van der Waals surface area contributed by atoms with E-state index in [4.69, 9.17) is 0 Å². The number of H-pyrrole nitrogens is 1. The van der Waals surface area contributed by atoms with Gasteiger partial charge in [0.05, 0.1) is 11.9 Å². The average Bonchev–Trinajstić information content (AvgIpc) is 3.06. The molecule has 130 valence electrons. The number of hydrogen-bond acceptors (Lipinski definition) is 4. The molecule has 4 aromatic rings. The standard InChI is InChI=1S/C20H18N4OS/c1-13-6-8-15(9-7-13)12-26-20-22-18-17(19(25)23-20)11-21-24(18)16-5-3-4-14(2)10-16/h3-11H,12H2,1-2H3,(H,22,23,25). The third-order valence-corrected chi connectivity index (χ3v) is 5.10. The van der Waals surface area contributed by atoms with Crippen molar-refractivity contribution in [2.24, 2.45) is 0 Å². The van der Waals surface area contributed by atoms with Gasteiger partial charge in [0.1, 0.15) is 5.39 Å². The van der Waals surface area contributed by atoms with Gasteiger partial charge in [0.15, 0.2) is 10.8 Å². The molecule has 0 aliphatic heterocycles. The van der Waals surface area contributed by atoms with Gasteiger partial charge in [-0.25, -0.2) is 9.67 Å². The number of thioether (sulfide) groups is 1. The van der Waals surface area contributed by atoms with E-state index in [9.17, 15) is 4.79 Å². The van der Waals surface area contributed by atoms with Crippen molar-refractivity contribution in [3.63, 3.8) is 0 Å². The first-order valence-electron chi connectivity index (χ1n) is 8.33. The van der Waals surface area contributed by atoms with Gasteiger partial charge in [-0.3, -0.25) is 4.79 Å². The molecule has 0 spiro atoms. The van der Waals surface area contributed by atoms with E-state index < -0.39 is 0 Å². The molecule has 0 fully saturated rings. The van der Waals surface area contributed by atoms with Crippen LogP contribution < -0.4 is 5.56 Å². The smallest absolute Gasteiger partial charge is 0.262 e. The van der Waals surface area contributed by atoms with Gasteiger partial charge in [0, 0.05) is 5.75 Å². The molecule has 0 radical (unpaired) electrons. The fraction of sp³-hybridized carbons (Fsp3) is 0.150. The summed E-state index contributed by atoms with van der Waals surface area (Å²) in [6.45, 7) is 4.09. The molecule has 0 saturated carbocycles. The summed E-state index contributed by atoms with van der Waals surface area (Å²) < 4.78 is 1.72. The number of aromatic amines is 1. The molecule has 0 aliphatic rings. The van der Waals surface area contributed by atoms with Gasteiger partial charge in [-0.05, 0) is 37.1 Å². The highest BCUT2D eigenvalue weighted by Gasteiger charge is 2.12. The summed E-state index contributed by atoms with van der Waals surface area (Å²) in [5.74, 6) is 0.743. The minimum Gasteiger partial charge on any atom is -0.301 e. The second-order valence-corrected chi connectivity index (χ2v) is 7.24. The van der Waals surface area contributed by atoms with E-state index in [0.717, 1.165) is 17.0 Å². The topological polar surface area (TPSA) is 63.6 Å². The Hall–Kier alpha value is -2.86. The Morgan fingerprint density at radius 2 is 1.88 bits per heavy atom. The highest BCUT2D eigenvalue weighted by molar-refractivity contribution is 7.98. The average molecular weight is 362 g/mol. The molecule has 0 amide bonds. The Morgan fingerprint density at radius 3 is 2.65 bits per heavy atom. The molecule has 0 bridgehead atoms. The fourth-order valence-corrected chi connectivity index (χ4v) is 3.56. The number of nitrogens with zero attached hydrogens (tertiary/aromatic N) is 3. The predicted molar refractivity (Wildman–Crippen MR) is 105 cm³/mol. The Labute approximate surface area is 155 Å². The molecule has 0 saturated heterocycles. The van der Waals surface area contributed by atoms with Crippen LogP contribution in [0.15, 0.2) is 64.7 Å². The Bertz CT molecular complexity index is 1130. The molecule has 26 heavy (non-hydrogen) atoms. The highest BCUT2D eigenvalue weighted by Crippen LogP contribution is 2.21. The Balaban J connectivity index is 1.69. The zero-order valence-electron chi connectivity index (χ0n) is 14.6. The first-order chi connectivity index (χ1) is 12.6. The van der Waals surface area contributed by atoms with Gasteiger partial charge in [0.25, 0.3) is 5.56 Å². The van der Waals surface area contributed by atoms with Crippen LogP contribution in [0.5, 0.6) is 0 Å². The van der Waals surface area contributed by atoms with Crippen molar-refractivity contribution < 1.29 is 0 Å². The summed E-state index contributed by atoms with van der Waals surface area (Å²) in [5, 5.41) is 5.45. The number of nitrogens with one attached hydrogen (secondary N) is 1. The van der Waals surface area contributed by atoms with Crippen LogP contribution >= 0.6 is 11.8 Å². The van der Waals surface area contributed by atoms with Gasteiger partial charge in [-0.1, -0.05) is 53.7 Å². The lowest BCUT2D eigenvalue weighted by Gasteiger charge is -2.06. The van der Waals surface area contributed by atoms with Crippen LogP contribution in [0.4, 0.5) is 0 Å². The lowest BCUT2D eigenvalue weighted by molar-refractivity contribution is 0.872. The minimum atomic E-state index is -0.166. The molecule has 0 aliphatic carbocycles. The molecule has 2 aromatic heterocycles. The van der Waals surface area contributed by atoms with Crippen molar-refractivity contribution in [2.45, 2.75) is 24.8 Å². The van der Waals surface area contributed by atoms with Gasteiger partial charge >= 0.3 is 0 Å². The normalized spacial score (nSPS) is 11.2. The van der Waals surface area contributed by atoms with E-state index in [-0.39, 0.29) is 5.56 Å². The van der Waals surface area contributed by atoms with Crippen molar-refractivity contribution in [2.75, 3.05) is 0 Å². The van der Waals surface area contributed by atoms with Crippen molar-refractivity contribution in [1.82, 2.24) is 19.7 Å². The van der Waals surface area contributed by atoms with E-state index in [0.29, 0.717) is 16.2 Å². The second-order valence-electron chi connectivity index (χ2n) is 6.28. The van der Waals surface area contributed by atoms with Crippen molar-refractivity contribution in [1.29, 1.82) is 0 Å². The molecular weight excluding hydrogens is 344 g/mol. The molecule has 1 N–H and O–H groups in total. The van der Waals surface area contributed by atoms with Crippen molar-refractivity contribution >= 4 is 22.8 Å². The summed E-state index contributed by atoms with van der Waals surface area (Å²) in [4.78, 5) is 19.9. The van der Waals surface area contributed by atoms with Crippen LogP contribution in [-0.4, -0.2) is 19.7 Å². The molecule has 5 nitrogen and oxygen atoms in total. The second kappa shape index (κ2) is 6.80. The highest BCUT2D eigenvalue weighted by atomic mass is 32.2. The maximum atomic E-state index is 12.4. The largest absolute Gasteiger partial charge is 0.301 e. The summed E-state index contributed by atoms with van der Waals surface area (Å²) >= 11 is 1.51. The van der Waals surface area contributed by atoms with Gasteiger partial charge in [0.2, 0.25) is 0 Å². The third-order valence-electron chi connectivity index (χ3n) is 4.16. The third kappa shape index (κ3) is 3.28. The molecular formula is C20H18N4OS. The number of fused-ring (bicyclic) bond motifs is 1. The monoisotopic (exact) mass is 362 g/mol. The van der Waals surface area contributed by atoms with E-state index >= 15 is 0 Å². The predicted octanol–water partition coefficient (Wildman–Crippen LogP) is 4.02. The number of aromatic nitrogens is 4. The number of hydrogen-bond donors (Lipinski definition) is 1. The fourth-order valence-electron chi connectivity index (χ4n) is 2.75. The van der Waals surface area contributed by atoms with Crippen LogP contribution in [0, 0.1) is 13.8 Å². The summed E-state index contributed by atoms with van der Waals surface area (Å²) in [6, 6.07) is 16.3. The zero-order chi connectivity index (χ0) is 18.1. The van der Waals surface area contributed by atoms with E-state index in [1.54, 1.807) is 10.9 Å². The lowest BCUT2D eigenvalue weighted by Crippen LogP contribution is -2.09. The molecule has 4 rings (SSSR count). The van der Waals surface area contributed by atoms with Gasteiger partial charge < -0.3 is 4.98 Å². The summed E-state index contributed by atoms with van der Waals surface area (Å²) in [6.07, 6.45) is 1.57. The Morgan fingerprint density at radius 1 is 1.08 bits per heavy atom. The van der Waals surface area contributed by atoms with E-state index in [1.807, 2.05) is 31.2 Å². The Kier molecular flexibility index (Phi) is 4.34. The van der Waals surface area contributed by atoms with Crippen LogP contribution in [0.2, 0.25) is 0 Å². The molecule has 2 aromatic carbocycles. The molecule has 6 heteroatoms. The first-order valence-corrected chi connectivity index (χ1v) is 9.32. The van der Waals surface area contributed by atoms with Gasteiger partial charge in [-0.2, -0.15) is 5.10 Å². The van der Waals surface area contributed by atoms with Crippen molar-refractivity contribution in [3.8, 4) is 5.69 Å². The molecule has 0 unspecified atom stereocenters. The maximum Gasteiger partial charge on any atom is 0.262 e. The van der Waals surface area contributed by atoms with E-state index in [1.165, 1.54) is 22.9 Å². The quantitative estimate of drug-likeness (QED) is 0.440. The van der Waals surface area contributed by atoms with Crippen molar-refractivity contribution in [3.05, 3.63) is 81.8 Å². The van der Waals surface area contributed by atoms with Crippen LogP contribution in [-0.2, 0) is 5.75 Å². The number of rotatable bonds is 4. The SMILES string of the molecule is Cc1ccc(CSc2nc3c(cnn3-c3cccc(C)c3)c(=O)[nH]2)cc1. The van der Waals surface area contributed by atoms with E-state index in [2.05, 4.69) is 46.3 Å². The minimum absolute atomic E-state index is 0.166. The zero-order valence-corrected chi connectivity index (χ0v) is 15.4.